The Morgan fingerprint density at radius 2 is 2.03 bits per heavy atom. The Balaban J connectivity index is 1.14. The number of hydrogen-bond donors (Lipinski definition) is 4. The van der Waals surface area contributed by atoms with Crippen LogP contribution in [0, 0.1) is 0 Å². The molecule has 2 aromatic heterocycles. The first-order chi connectivity index (χ1) is 18.6. The van der Waals surface area contributed by atoms with Crippen molar-refractivity contribution in [3.63, 3.8) is 0 Å². The molecule has 1 fully saturated rings. The summed E-state index contributed by atoms with van der Waals surface area (Å²) in [6.07, 6.45) is 6.19. The molecule has 2 amide bonds. The molecular weight excluding hydrogens is 509 g/mol. The summed E-state index contributed by atoms with van der Waals surface area (Å²) >= 11 is 1.53. The quantitative estimate of drug-likeness (QED) is 0.324. The number of alkyl halides is 1. The third-order valence-corrected chi connectivity index (χ3v) is 7.23. The molecule has 2 aliphatic heterocycles. The van der Waals surface area contributed by atoms with Gasteiger partial charge in [-0.15, -0.1) is 0 Å². The van der Waals surface area contributed by atoms with E-state index >= 15 is 0 Å². The number of thiazole rings is 1. The predicted molar refractivity (Wildman–Crippen MR) is 147 cm³/mol. The number of nitrogens with one attached hydrogen (secondary N) is 4. The average Bonchev–Trinajstić information content (AvgIpc) is 3.59. The van der Waals surface area contributed by atoms with Crippen LogP contribution in [-0.2, 0) is 6.42 Å². The zero-order valence-electron chi connectivity index (χ0n) is 21.0. The maximum Gasteiger partial charge on any atom is 0.324 e. The van der Waals surface area contributed by atoms with E-state index in [1.165, 1.54) is 11.3 Å². The van der Waals surface area contributed by atoms with Gasteiger partial charge < -0.3 is 20.5 Å². The third-order valence-electron chi connectivity index (χ3n) is 6.27. The smallest absolute Gasteiger partial charge is 0.324 e. The Labute approximate surface area is 223 Å². The number of aromatic nitrogens is 2. The van der Waals surface area contributed by atoms with Gasteiger partial charge in [0.25, 0.3) is 0 Å². The van der Waals surface area contributed by atoms with Gasteiger partial charge >= 0.3 is 6.03 Å². The van der Waals surface area contributed by atoms with Crippen LogP contribution >= 0.6 is 11.3 Å². The highest BCUT2D eigenvalue weighted by Crippen LogP contribution is 2.30. The summed E-state index contributed by atoms with van der Waals surface area (Å²) in [5, 5.41) is 16.5. The van der Waals surface area contributed by atoms with Crippen LogP contribution in [0.4, 0.5) is 25.8 Å². The van der Waals surface area contributed by atoms with E-state index in [0.717, 1.165) is 47.6 Å². The van der Waals surface area contributed by atoms with Crippen molar-refractivity contribution < 1.29 is 13.7 Å². The van der Waals surface area contributed by atoms with E-state index in [2.05, 4.69) is 46.2 Å². The Morgan fingerprint density at radius 1 is 1.21 bits per heavy atom. The number of carbonyl (C=O) groups excluding carboxylic acids is 1. The molecule has 5 rings (SSSR count). The van der Waals surface area contributed by atoms with Gasteiger partial charge in [0.2, 0.25) is 0 Å². The van der Waals surface area contributed by atoms with Crippen molar-refractivity contribution in [3.8, 4) is 10.4 Å². The number of halogens is 1. The minimum atomic E-state index is -0.394. The van der Waals surface area contributed by atoms with Crippen LogP contribution in [0.1, 0.15) is 12.7 Å². The summed E-state index contributed by atoms with van der Waals surface area (Å²) in [4.78, 5) is 26.7. The molecule has 11 nitrogen and oxygen atoms in total. The van der Waals surface area contributed by atoms with Crippen LogP contribution in [-0.4, -0.2) is 77.9 Å². The van der Waals surface area contributed by atoms with Gasteiger partial charge in [-0.1, -0.05) is 35.5 Å². The van der Waals surface area contributed by atoms with E-state index < -0.39 is 6.03 Å². The van der Waals surface area contributed by atoms with Gasteiger partial charge in [0.05, 0.1) is 11.2 Å². The minimum absolute atomic E-state index is 0.0686. The first-order valence-electron chi connectivity index (χ1n) is 12.5. The number of anilines is 3. The van der Waals surface area contributed by atoms with E-state index in [4.69, 9.17) is 4.52 Å². The van der Waals surface area contributed by atoms with Crippen LogP contribution in [0.25, 0.3) is 10.4 Å². The molecular formula is C25H30FN9O2S. The molecule has 1 unspecified atom stereocenters. The molecule has 1 saturated heterocycles. The zero-order chi connectivity index (χ0) is 26.3. The van der Waals surface area contributed by atoms with Crippen molar-refractivity contribution in [2.24, 2.45) is 4.99 Å². The van der Waals surface area contributed by atoms with E-state index in [-0.39, 0.29) is 12.8 Å². The van der Waals surface area contributed by atoms with Gasteiger partial charge in [-0.25, -0.2) is 14.2 Å². The van der Waals surface area contributed by atoms with Gasteiger partial charge in [0.1, 0.15) is 24.4 Å². The highest BCUT2D eigenvalue weighted by atomic mass is 32.1. The molecule has 3 aromatic rings. The standard InChI is InChI=1S/C25H30FN9O2S/c1-2-19-13-22(33-37-19)31-24(36)30-18-5-3-17(4-6-18)20-15-27-25(38-20)32-21-14-23(29-16-28-21)35-11-9-34(8-7-26)10-12-35/h3-6,13-16,23H,2,7-12H2,1H3,(H,27,32)(H,28,29)(H2,30,31,33,36). The zero-order valence-corrected chi connectivity index (χ0v) is 21.8. The Hall–Kier alpha value is -3.81. The number of hydrogen-bond acceptors (Lipinski definition) is 10. The first-order valence-corrected chi connectivity index (χ1v) is 13.3. The number of rotatable bonds is 9. The van der Waals surface area contributed by atoms with Gasteiger partial charge in [0, 0.05) is 57.1 Å². The lowest BCUT2D eigenvalue weighted by Gasteiger charge is -2.37. The highest BCUT2D eigenvalue weighted by molar-refractivity contribution is 7.18. The molecule has 1 aromatic carbocycles. The van der Waals surface area contributed by atoms with Crippen molar-refractivity contribution in [2.75, 3.05) is 55.3 Å². The highest BCUT2D eigenvalue weighted by Gasteiger charge is 2.23. The monoisotopic (exact) mass is 539 g/mol. The first kappa shape index (κ1) is 25.8. The van der Waals surface area contributed by atoms with Crippen molar-refractivity contribution in [1.82, 2.24) is 25.3 Å². The molecule has 200 valence electrons. The summed E-state index contributed by atoms with van der Waals surface area (Å²) in [7, 11) is 0. The second-order valence-electron chi connectivity index (χ2n) is 8.83. The average molecular weight is 540 g/mol. The molecule has 4 heterocycles. The molecule has 13 heteroatoms. The molecule has 4 N–H and O–H groups in total. The summed E-state index contributed by atoms with van der Waals surface area (Å²) in [5.74, 6) is 1.90. The normalized spacial score (nSPS) is 18.1. The fraction of sp³-hybridized carbons (Fsp3) is 0.360. The topological polar surface area (TPSA) is 123 Å². The van der Waals surface area contributed by atoms with Crippen molar-refractivity contribution >= 4 is 40.3 Å². The Morgan fingerprint density at radius 3 is 2.76 bits per heavy atom. The number of nitrogens with zero attached hydrogens (tertiary/aromatic N) is 5. The molecule has 1 atom stereocenters. The number of aliphatic imine (C=N–C) groups is 1. The predicted octanol–water partition coefficient (Wildman–Crippen LogP) is 3.80. The van der Waals surface area contributed by atoms with Crippen LogP contribution in [0.15, 0.2) is 57.9 Å². The van der Waals surface area contributed by atoms with Gasteiger partial charge in [-0.2, -0.15) is 0 Å². The van der Waals surface area contributed by atoms with E-state index in [1.807, 2.05) is 43.5 Å². The molecule has 0 bridgehead atoms. The van der Waals surface area contributed by atoms with Gasteiger partial charge in [-0.3, -0.25) is 20.1 Å². The molecule has 0 radical (unpaired) electrons. The molecule has 0 spiro atoms. The Bertz CT molecular complexity index is 1280. The summed E-state index contributed by atoms with van der Waals surface area (Å²) in [5.41, 5.74) is 1.64. The summed E-state index contributed by atoms with van der Waals surface area (Å²) in [6.45, 7) is 5.52. The summed E-state index contributed by atoms with van der Waals surface area (Å²) < 4.78 is 17.7. The fourth-order valence-electron chi connectivity index (χ4n) is 4.19. The molecule has 0 aliphatic carbocycles. The van der Waals surface area contributed by atoms with Gasteiger partial charge in [-0.05, 0) is 23.8 Å². The van der Waals surface area contributed by atoms with Crippen molar-refractivity contribution in [2.45, 2.75) is 19.5 Å². The Kier molecular flexibility index (Phi) is 8.26. The number of amides is 2. The van der Waals surface area contributed by atoms with E-state index in [1.54, 1.807) is 12.4 Å². The summed E-state index contributed by atoms with van der Waals surface area (Å²) in [6, 6.07) is 8.84. The van der Waals surface area contributed by atoms with Crippen LogP contribution in [0.3, 0.4) is 0 Å². The molecule has 0 saturated carbocycles. The number of carbonyl (C=O) groups is 1. The lowest BCUT2D eigenvalue weighted by atomic mass is 10.2. The largest absolute Gasteiger partial charge is 0.359 e. The van der Waals surface area contributed by atoms with Crippen LogP contribution < -0.4 is 21.3 Å². The second-order valence-corrected chi connectivity index (χ2v) is 9.86. The number of urea groups is 1. The number of benzene rings is 1. The van der Waals surface area contributed by atoms with Crippen LogP contribution in [0.5, 0.6) is 0 Å². The second kappa shape index (κ2) is 12.2. The number of piperazine rings is 1. The lowest BCUT2D eigenvalue weighted by Crippen LogP contribution is -2.50. The van der Waals surface area contributed by atoms with Gasteiger partial charge in [0.15, 0.2) is 10.9 Å². The lowest BCUT2D eigenvalue weighted by molar-refractivity contribution is 0.109. The molecule has 38 heavy (non-hydrogen) atoms. The van der Waals surface area contributed by atoms with Crippen molar-refractivity contribution in [3.05, 3.63) is 54.2 Å². The fourth-order valence-corrected chi connectivity index (χ4v) is 5.02. The van der Waals surface area contributed by atoms with E-state index in [0.29, 0.717) is 30.2 Å². The maximum atomic E-state index is 12.6. The third kappa shape index (κ3) is 6.54. The maximum absolute atomic E-state index is 12.6. The van der Waals surface area contributed by atoms with Crippen molar-refractivity contribution in [1.29, 1.82) is 0 Å². The minimum Gasteiger partial charge on any atom is -0.359 e. The van der Waals surface area contributed by atoms with Crippen LogP contribution in [0.2, 0.25) is 0 Å². The SMILES string of the molecule is CCc1cc(NC(=O)Nc2ccc(-c3cnc(NC4=CC(N5CCN(CCF)CC5)N=CN4)s3)cc2)no1. The molecule has 2 aliphatic rings. The van der Waals surface area contributed by atoms with E-state index in [9.17, 15) is 9.18 Å². The number of aryl methyl sites for hydroxylation is 1.